The van der Waals surface area contributed by atoms with E-state index in [1.54, 1.807) is 0 Å². The molecule has 0 spiro atoms. The molecule has 3 rings (SSSR count). The van der Waals surface area contributed by atoms with Crippen LogP contribution in [0.15, 0.2) is 91.0 Å². The van der Waals surface area contributed by atoms with E-state index in [-0.39, 0.29) is 0 Å². The molecule has 0 bridgehead atoms. The van der Waals surface area contributed by atoms with Crippen molar-refractivity contribution in [2.75, 3.05) is 5.75 Å². The van der Waals surface area contributed by atoms with E-state index in [2.05, 4.69) is 97.9 Å². The normalized spacial score (nSPS) is 10.3. The van der Waals surface area contributed by atoms with Crippen LogP contribution in [0, 0.1) is 0 Å². The fraction of sp³-hybridized carbons (Fsp3) is 0.400. The van der Waals surface area contributed by atoms with Crippen LogP contribution in [0.2, 0.25) is 0 Å². The number of rotatable bonds is 13. The summed E-state index contributed by atoms with van der Waals surface area (Å²) in [5.74, 6) is 0.955. The van der Waals surface area contributed by atoms with Gasteiger partial charge in [0.05, 0.1) is 0 Å². The molecule has 0 atom stereocenters. The number of hydrogen-bond donors (Lipinski definition) is 0. The summed E-state index contributed by atoms with van der Waals surface area (Å²) in [6, 6.07) is 32.9. The van der Waals surface area contributed by atoms with Gasteiger partial charge in [0.1, 0.15) is 0 Å². The average molecular weight is 551 g/mol. The van der Waals surface area contributed by atoms with Gasteiger partial charge in [0, 0.05) is 0 Å². The topological polar surface area (TPSA) is 0 Å². The van der Waals surface area contributed by atoms with E-state index in [0.717, 1.165) is 5.75 Å². The van der Waals surface area contributed by atoms with Crippen LogP contribution in [0.5, 0.6) is 0 Å². The van der Waals surface area contributed by atoms with Crippen molar-refractivity contribution in [1.29, 1.82) is 0 Å². The Morgan fingerprint density at radius 1 is 0.469 bits per heavy atom. The molecule has 2 heteroatoms. The third kappa shape index (κ3) is 11.1. The standard InChI is InChI=1S/C12H26S.3C6H5.Sn/c1-2-3-4-5-6-7-8-9-10-11-12-13;3*1-2-4-6-5-3-1;/h13H,2-12H2,1H3;3*1-5H;/q;;;;+1/p-1. The van der Waals surface area contributed by atoms with Crippen molar-refractivity contribution in [3.05, 3.63) is 91.0 Å². The van der Waals surface area contributed by atoms with Gasteiger partial charge in [0.25, 0.3) is 0 Å². The maximum absolute atomic E-state index is 4.90. The molecule has 0 saturated carbocycles. The summed E-state index contributed by atoms with van der Waals surface area (Å²) in [5, 5.41) is 0. The molecular weight excluding hydrogens is 511 g/mol. The molecular formula is C30H40SSn. The zero-order chi connectivity index (χ0) is 22.7. The molecule has 170 valence electrons. The third-order valence-corrected chi connectivity index (χ3v) is 13.8. The summed E-state index contributed by atoms with van der Waals surface area (Å²) in [4.78, 5) is 0. The van der Waals surface area contributed by atoms with Gasteiger partial charge >= 0.3 is 121 Å². The van der Waals surface area contributed by atoms with Crippen LogP contribution in [0.1, 0.15) is 71.1 Å². The van der Waals surface area contributed by atoms with Gasteiger partial charge in [-0.15, -0.1) is 0 Å². The molecule has 0 radical (unpaired) electrons. The maximum atomic E-state index is 4.90. The molecule has 0 unspecified atom stereocenters. The van der Waals surface area contributed by atoms with E-state index in [4.69, 9.17) is 12.6 Å². The molecule has 3 aromatic rings. The van der Waals surface area contributed by atoms with E-state index in [0.29, 0.717) is 0 Å². The first kappa shape index (κ1) is 27.1. The minimum absolute atomic E-state index is 0.955. The molecule has 32 heavy (non-hydrogen) atoms. The average Bonchev–Trinajstić information content (AvgIpc) is 2.86. The monoisotopic (exact) mass is 552 g/mol. The Morgan fingerprint density at radius 2 is 0.781 bits per heavy atom. The Labute approximate surface area is 210 Å². The number of benzene rings is 3. The van der Waals surface area contributed by atoms with Crippen molar-refractivity contribution in [3.63, 3.8) is 0 Å². The molecule has 0 saturated heterocycles. The molecule has 0 aliphatic carbocycles. The van der Waals surface area contributed by atoms with Gasteiger partial charge in [-0.1, -0.05) is 71.1 Å². The first-order valence-electron chi connectivity index (χ1n) is 12.5. The van der Waals surface area contributed by atoms with Crippen molar-refractivity contribution in [1.82, 2.24) is 0 Å². The van der Waals surface area contributed by atoms with Gasteiger partial charge in [-0.05, 0) is 0 Å². The number of unbranched alkanes of at least 4 members (excludes halogenated alkanes) is 9. The summed E-state index contributed by atoms with van der Waals surface area (Å²) in [6.07, 6.45) is 14.0. The van der Waals surface area contributed by atoms with Crippen LogP contribution in [0.4, 0.5) is 0 Å². The van der Waals surface area contributed by atoms with Crippen LogP contribution in [-0.4, -0.2) is 25.5 Å². The molecule has 0 aliphatic rings. The molecule has 0 nitrogen and oxygen atoms in total. The molecule has 0 N–H and O–H groups in total. The molecule has 0 aromatic heterocycles. The van der Waals surface area contributed by atoms with Gasteiger partial charge in [0.15, 0.2) is 0 Å². The van der Waals surface area contributed by atoms with Crippen molar-refractivity contribution in [2.24, 2.45) is 0 Å². The van der Waals surface area contributed by atoms with E-state index in [1.807, 2.05) is 0 Å². The molecule has 0 amide bonds. The van der Waals surface area contributed by atoms with Crippen molar-refractivity contribution in [3.8, 4) is 0 Å². The fourth-order valence-electron chi connectivity index (χ4n) is 3.90. The Kier molecular flexibility index (Phi) is 15.4. The first-order valence-corrected chi connectivity index (χ1v) is 17.3. The zero-order valence-corrected chi connectivity index (χ0v) is 23.5. The van der Waals surface area contributed by atoms with Crippen LogP contribution in [0.3, 0.4) is 0 Å². The van der Waals surface area contributed by atoms with Crippen LogP contribution in [-0.2, 0) is 12.6 Å². The van der Waals surface area contributed by atoms with Gasteiger partial charge < -0.3 is 12.6 Å². The molecule has 3 aromatic carbocycles. The van der Waals surface area contributed by atoms with E-state index in [1.165, 1.54) is 74.9 Å². The zero-order valence-electron chi connectivity index (χ0n) is 19.8. The summed E-state index contributed by atoms with van der Waals surface area (Å²) < 4.78 is 4.59. The van der Waals surface area contributed by atoms with Crippen molar-refractivity contribution >= 4 is 43.1 Å². The van der Waals surface area contributed by atoms with Gasteiger partial charge in [-0.25, -0.2) is 0 Å². The second-order valence-electron chi connectivity index (χ2n) is 8.36. The summed E-state index contributed by atoms with van der Waals surface area (Å²) >= 11 is 2.92. The quantitative estimate of drug-likeness (QED) is 0.130. The van der Waals surface area contributed by atoms with Crippen LogP contribution in [0.25, 0.3) is 0 Å². The van der Waals surface area contributed by atoms with Gasteiger partial charge in [-0.3, -0.25) is 0 Å². The third-order valence-electron chi connectivity index (χ3n) is 5.69. The summed E-state index contributed by atoms with van der Waals surface area (Å²) in [7, 11) is 0. The SMILES string of the molecule is CCCCCCCCCCCC[S-].c1cc[c]([Sn+]([c]2ccccc2)[c]2ccccc2)cc1. The second-order valence-corrected chi connectivity index (χ2v) is 15.9. The Morgan fingerprint density at radius 3 is 1.09 bits per heavy atom. The van der Waals surface area contributed by atoms with Gasteiger partial charge in [0.2, 0.25) is 0 Å². The fourth-order valence-corrected chi connectivity index (χ4v) is 11.5. The van der Waals surface area contributed by atoms with Crippen molar-refractivity contribution in [2.45, 2.75) is 71.1 Å². The minimum atomic E-state index is -1.98. The predicted octanol–water partition coefficient (Wildman–Crippen LogP) is 6.66. The van der Waals surface area contributed by atoms with Gasteiger partial charge in [-0.2, -0.15) is 5.75 Å². The second kappa shape index (κ2) is 18.3. The van der Waals surface area contributed by atoms with E-state index in [9.17, 15) is 0 Å². The van der Waals surface area contributed by atoms with E-state index < -0.39 is 19.8 Å². The first-order chi connectivity index (χ1) is 15.9. The predicted molar refractivity (Wildman–Crippen MR) is 148 cm³/mol. The summed E-state index contributed by atoms with van der Waals surface area (Å²) in [6.45, 7) is 2.27. The Bertz CT molecular complexity index is 685. The molecule has 0 heterocycles. The number of hydrogen-bond acceptors (Lipinski definition) is 1. The van der Waals surface area contributed by atoms with Crippen LogP contribution < -0.4 is 10.7 Å². The summed E-state index contributed by atoms with van der Waals surface area (Å²) in [5.41, 5.74) is 0. The van der Waals surface area contributed by atoms with Crippen molar-refractivity contribution < 1.29 is 0 Å². The molecule has 0 fully saturated rings. The Balaban J connectivity index is 0.000000247. The molecule has 0 aliphatic heterocycles. The Hall–Kier alpha value is -1.19. The van der Waals surface area contributed by atoms with Crippen LogP contribution >= 0.6 is 0 Å². The van der Waals surface area contributed by atoms with E-state index >= 15 is 0 Å².